The monoisotopic (exact) mass is 713 g/mol. The van der Waals surface area contributed by atoms with Crippen LogP contribution in [0.15, 0.2) is 162 Å². The predicted molar refractivity (Wildman–Crippen MR) is 227 cm³/mol. The van der Waals surface area contributed by atoms with Gasteiger partial charge in [0.15, 0.2) is 0 Å². The zero-order valence-corrected chi connectivity index (χ0v) is 31.6. The number of para-hydroxylation sites is 1. The van der Waals surface area contributed by atoms with E-state index >= 15 is 0 Å². The first-order valence-electron chi connectivity index (χ1n) is 20.9. The predicted octanol–water partition coefficient (Wildman–Crippen LogP) is 13.9. The summed E-state index contributed by atoms with van der Waals surface area (Å²) in [6.45, 7) is 2.35. The van der Waals surface area contributed by atoms with Crippen LogP contribution in [0.2, 0.25) is 0 Å². The first-order chi connectivity index (χ1) is 27.1. The minimum atomic E-state index is 0.234. The van der Waals surface area contributed by atoms with Crippen molar-refractivity contribution in [1.82, 2.24) is 0 Å². The van der Waals surface area contributed by atoms with Crippen molar-refractivity contribution in [3.05, 3.63) is 174 Å². The molecule has 2 heteroatoms. The molecule has 1 aromatic heterocycles. The lowest BCUT2D eigenvalue weighted by atomic mass is 9.41. The van der Waals surface area contributed by atoms with Crippen molar-refractivity contribution in [3.63, 3.8) is 0 Å². The van der Waals surface area contributed by atoms with Gasteiger partial charge in [-0.15, -0.1) is 0 Å². The average molecular weight is 714 g/mol. The van der Waals surface area contributed by atoms with Crippen LogP contribution >= 0.6 is 0 Å². The maximum absolute atomic E-state index is 6.49. The second-order valence-electron chi connectivity index (χ2n) is 17.8. The van der Waals surface area contributed by atoms with E-state index in [1.54, 1.807) is 11.1 Å². The minimum absolute atomic E-state index is 0.234. The molecule has 7 aliphatic carbocycles. The Morgan fingerprint density at radius 2 is 1.38 bits per heavy atom. The molecule has 0 radical (unpaired) electrons. The lowest BCUT2D eigenvalue weighted by molar-refractivity contribution is -0.0762. The number of hydrogen-bond donors (Lipinski definition) is 0. The fourth-order valence-electron chi connectivity index (χ4n) is 12.9. The molecule has 5 aromatic carbocycles. The molecule has 270 valence electrons. The molecule has 4 bridgehead atoms. The molecule has 3 unspecified atom stereocenters. The van der Waals surface area contributed by atoms with Gasteiger partial charge in [0.25, 0.3) is 0 Å². The summed E-state index contributed by atoms with van der Waals surface area (Å²) >= 11 is 0. The smallest absolute Gasteiger partial charge is 0.137 e. The van der Waals surface area contributed by atoms with E-state index in [1.165, 1.54) is 65.5 Å². The van der Waals surface area contributed by atoms with Crippen molar-refractivity contribution in [1.29, 1.82) is 0 Å². The lowest BCUT2D eigenvalue weighted by Gasteiger charge is -2.63. The molecule has 1 heterocycles. The molecule has 2 nitrogen and oxygen atoms in total. The zero-order chi connectivity index (χ0) is 36.3. The van der Waals surface area contributed by atoms with Gasteiger partial charge in [-0.1, -0.05) is 122 Å². The number of nitrogens with zero attached hydrogens (tertiary/aromatic N) is 1. The van der Waals surface area contributed by atoms with E-state index in [9.17, 15) is 0 Å². The molecule has 13 rings (SSSR count). The number of furan rings is 1. The van der Waals surface area contributed by atoms with Gasteiger partial charge in [0.1, 0.15) is 11.2 Å². The molecule has 4 fully saturated rings. The van der Waals surface area contributed by atoms with Crippen molar-refractivity contribution in [2.75, 3.05) is 4.90 Å². The van der Waals surface area contributed by atoms with Gasteiger partial charge in [-0.25, -0.2) is 0 Å². The quantitative estimate of drug-likeness (QED) is 0.177. The van der Waals surface area contributed by atoms with Gasteiger partial charge in [0, 0.05) is 28.1 Å². The number of fused-ring (bicyclic) bond motifs is 6. The number of hydrogen-bond acceptors (Lipinski definition) is 2. The number of benzene rings is 5. The first-order valence-corrected chi connectivity index (χ1v) is 20.9. The summed E-state index contributed by atoms with van der Waals surface area (Å²) in [5, 5.41) is 2.32. The number of anilines is 2. The molecule has 7 aliphatic rings. The normalized spacial score (nSPS) is 29.8. The van der Waals surface area contributed by atoms with E-state index in [2.05, 4.69) is 164 Å². The van der Waals surface area contributed by atoms with Crippen LogP contribution in [0, 0.1) is 35.5 Å². The Bertz CT molecular complexity index is 2590. The Morgan fingerprint density at radius 3 is 2.18 bits per heavy atom. The van der Waals surface area contributed by atoms with Crippen molar-refractivity contribution in [3.8, 4) is 11.1 Å². The lowest BCUT2D eigenvalue weighted by Crippen LogP contribution is -2.57. The van der Waals surface area contributed by atoms with E-state index in [1.807, 2.05) is 0 Å². The zero-order valence-electron chi connectivity index (χ0n) is 31.6. The summed E-state index contributed by atoms with van der Waals surface area (Å²) in [5.41, 5.74) is 14.1. The van der Waals surface area contributed by atoms with Crippen LogP contribution in [0.4, 0.5) is 11.4 Å². The van der Waals surface area contributed by atoms with Crippen molar-refractivity contribution < 1.29 is 4.42 Å². The Morgan fingerprint density at radius 1 is 0.655 bits per heavy atom. The van der Waals surface area contributed by atoms with E-state index in [4.69, 9.17) is 4.42 Å². The second-order valence-corrected chi connectivity index (χ2v) is 17.8. The maximum Gasteiger partial charge on any atom is 0.137 e. The summed E-state index contributed by atoms with van der Waals surface area (Å²) in [7, 11) is 0. The van der Waals surface area contributed by atoms with E-state index in [-0.39, 0.29) is 5.41 Å². The van der Waals surface area contributed by atoms with Gasteiger partial charge in [-0.3, -0.25) is 0 Å². The van der Waals surface area contributed by atoms with E-state index in [0.717, 1.165) is 58.0 Å². The van der Waals surface area contributed by atoms with Crippen LogP contribution in [0.3, 0.4) is 0 Å². The molecule has 1 spiro atoms. The summed E-state index contributed by atoms with van der Waals surface area (Å²) in [4.78, 5) is 2.52. The number of rotatable bonds is 5. The number of allylic oxidation sites excluding steroid dienone is 7. The highest BCUT2D eigenvalue weighted by molar-refractivity contribution is 6.12. The molecule has 4 saturated carbocycles. The molecule has 0 saturated heterocycles. The largest absolute Gasteiger partial charge is 0.456 e. The fraction of sp³-hybridized carbons (Fsp3) is 0.283. The summed E-state index contributed by atoms with van der Waals surface area (Å²) in [5.74, 6) is 4.82. The summed E-state index contributed by atoms with van der Waals surface area (Å²) < 4.78 is 6.49. The van der Waals surface area contributed by atoms with Crippen LogP contribution in [0.25, 0.3) is 38.6 Å². The Kier molecular flexibility index (Phi) is 7.02. The van der Waals surface area contributed by atoms with Crippen LogP contribution in [0.5, 0.6) is 0 Å². The molecule has 0 N–H and O–H groups in total. The highest BCUT2D eigenvalue weighted by Gasteiger charge is 2.65. The van der Waals surface area contributed by atoms with Gasteiger partial charge in [-0.05, 0) is 144 Å². The van der Waals surface area contributed by atoms with E-state index in [0.29, 0.717) is 17.8 Å². The van der Waals surface area contributed by atoms with Crippen molar-refractivity contribution in [2.45, 2.75) is 56.8 Å². The maximum atomic E-state index is 6.49. The first kappa shape index (κ1) is 32.0. The SMILES string of the molecule is CC1C=C(c2ccc3c(c2)C2C=C(N(c4ccc(-c5ccccc5)cc4)c4cccc5oc6ccccc6c45)C=CC2C32C3CC4CC(C3)CC2C4)C=CC1. The van der Waals surface area contributed by atoms with Gasteiger partial charge in [-0.2, -0.15) is 0 Å². The summed E-state index contributed by atoms with van der Waals surface area (Å²) in [6.07, 6.45) is 23.4. The van der Waals surface area contributed by atoms with E-state index < -0.39 is 0 Å². The van der Waals surface area contributed by atoms with Crippen LogP contribution in [0.1, 0.15) is 68.1 Å². The molecule has 3 atom stereocenters. The molecule has 0 amide bonds. The Hall–Kier alpha value is -5.34. The standard InChI is InChI=1S/C53H47NO/c1-33-9-7-12-38(25-33)39-19-23-47-45(31-39)46-32-43(22-24-48(46)53(47)40-27-34-26-35(29-40)30-41(53)28-34)54(42-20-17-37(18-21-42)36-10-3-2-4-11-36)49-14-8-16-51-52(49)44-13-5-6-15-50(44)55-51/h2-8,10-25,31-35,40-41,46,48H,9,26-30H2,1H3. The highest BCUT2D eigenvalue weighted by Crippen LogP contribution is 2.71. The van der Waals surface area contributed by atoms with Gasteiger partial charge >= 0.3 is 0 Å². The molecule has 0 aliphatic heterocycles. The van der Waals surface area contributed by atoms with Crippen LogP contribution in [-0.2, 0) is 5.41 Å². The topological polar surface area (TPSA) is 16.4 Å². The van der Waals surface area contributed by atoms with Gasteiger partial charge in [0.05, 0.1) is 11.1 Å². The highest BCUT2D eigenvalue weighted by atomic mass is 16.3. The van der Waals surface area contributed by atoms with Crippen molar-refractivity contribution >= 4 is 38.9 Å². The molecule has 6 aromatic rings. The Labute approximate surface area is 324 Å². The summed E-state index contributed by atoms with van der Waals surface area (Å²) in [6, 6.07) is 42.7. The van der Waals surface area contributed by atoms with Crippen molar-refractivity contribution in [2.24, 2.45) is 35.5 Å². The third-order valence-electron chi connectivity index (χ3n) is 14.8. The third-order valence-corrected chi connectivity index (χ3v) is 14.8. The molecular weight excluding hydrogens is 667 g/mol. The van der Waals surface area contributed by atoms with Crippen LogP contribution < -0.4 is 4.90 Å². The molecular formula is C53H47NO. The van der Waals surface area contributed by atoms with Crippen LogP contribution in [-0.4, -0.2) is 0 Å². The fourth-order valence-corrected chi connectivity index (χ4v) is 12.9. The molecule has 55 heavy (non-hydrogen) atoms. The Balaban J connectivity index is 1.05. The minimum Gasteiger partial charge on any atom is -0.456 e. The van der Waals surface area contributed by atoms with Gasteiger partial charge in [0.2, 0.25) is 0 Å². The van der Waals surface area contributed by atoms with Gasteiger partial charge < -0.3 is 9.32 Å². The average Bonchev–Trinajstić information content (AvgIpc) is 3.74. The second kappa shape index (κ2) is 12.1. The third kappa shape index (κ3) is 4.73.